The van der Waals surface area contributed by atoms with E-state index in [9.17, 15) is 4.79 Å². The van der Waals surface area contributed by atoms with E-state index in [1.54, 1.807) is 0 Å². The van der Waals surface area contributed by atoms with Crippen LogP contribution in [0, 0.1) is 5.92 Å². The van der Waals surface area contributed by atoms with Gasteiger partial charge >= 0.3 is 5.97 Å². The molecule has 4 heteroatoms. The standard InChI is InChI=1S/C5H8N2O2/c8-5(9)3-1-4-6-7(4)2-3/h3-4,6H,1-2H2,(H,8,9). The Hall–Kier alpha value is -0.610. The molecule has 0 spiro atoms. The molecule has 50 valence electrons. The molecule has 0 aromatic rings. The maximum atomic E-state index is 10.3. The smallest absolute Gasteiger partial charge is 0.307 e. The van der Waals surface area contributed by atoms with E-state index in [0.717, 1.165) is 6.42 Å². The summed E-state index contributed by atoms with van der Waals surface area (Å²) in [6.07, 6.45) is 1.15. The Morgan fingerprint density at radius 1 is 1.78 bits per heavy atom. The van der Waals surface area contributed by atoms with Gasteiger partial charge in [-0.1, -0.05) is 0 Å². The van der Waals surface area contributed by atoms with Gasteiger partial charge in [0.2, 0.25) is 0 Å². The van der Waals surface area contributed by atoms with Crippen LogP contribution in [0.4, 0.5) is 0 Å². The van der Waals surface area contributed by atoms with Crippen LogP contribution < -0.4 is 5.43 Å². The maximum Gasteiger partial charge on any atom is 0.307 e. The first-order chi connectivity index (χ1) is 4.27. The molecule has 2 heterocycles. The van der Waals surface area contributed by atoms with Gasteiger partial charge in [0.25, 0.3) is 0 Å². The monoisotopic (exact) mass is 128 g/mol. The molecule has 2 rings (SSSR count). The van der Waals surface area contributed by atoms with Gasteiger partial charge in [-0.2, -0.15) is 0 Å². The Bertz CT molecular complexity index is 149. The number of hydrogen-bond acceptors (Lipinski definition) is 3. The molecule has 9 heavy (non-hydrogen) atoms. The fourth-order valence-corrected chi connectivity index (χ4v) is 1.28. The Labute approximate surface area is 52.4 Å². The first kappa shape index (κ1) is 5.20. The van der Waals surface area contributed by atoms with E-state index in [2.05, 4.69) is 5.43 Å². The van der Waals surface area contributed by atoms with Gasteiger partial charge in [-0.15, -0.1) is 0 Å². The van der Waals surface area contributed by atoms with Gasteiger partial charge in [0, 0.05) is 6.54 Å². The third-order valence-electron chi connectivity index (χ3n) is 1.90. The molecular weight excluding hydrogens is 120 g/mol. The second kappa shape index (κ2) is 1.46. The van der Waals surface area contributed by atoms with Crippen molar-refractivity contribution in [2.75, 3.05) is 6.54 Å². The number of aliphatic carboxylic acids is 1. The molecule has 0 aliphatic carbocycles. The molecule has 3 unspecified atom stereocenters. The summed E-state index contributed by atoms with van der Waals surface area (Å²) in [5.74, 6) is -0.791. The van der Waals surface area contributed by atoms with E-state index < -0.39 is 5.97 Å². The molecule has 4 nitrogen and oxygen atoms in total. The highest BCUT2D eigenvalue weighted by atomic mass is 16.4. The number of hydrazine groups is 1. The van der Waals surface area contributed by atoms with E-state index in [0.29, 0.717) is 12.7 Å². The van der Waals surface area contributed by atoms with E-state index in [1.165, 1.54) is 0 Å². The highest BCUT2D eigenvalue weighted by Crippen LogP contribution is 2.28. The summed E-state index contributed by atoms with van der Waals surface area (Å²) in [5, 5.41) is 10.5. The molecule has 2 aliphatic heterocycles. The van der Waals surface area contributed by atoms with Gasteiger partial charge in [0.1, 0.15) is 0 Å². The lowest BCUT2D eigenvalue weighted by Crippen LogP contribution is -2.20. The predicted molar refractivity (Wildman–Crippen MR) is 29.4 cm³/mol. The minimum Gasteiger partial charge on any atom is -0.481 e. The summed E-state index contributed by atoms with van der Waals surface area (Å²) in [5.41, 5.74) is 3.02. The van der Waals surface area contributed by atoms with Gasteiger partial charge in [-0.05, 0) is 6.42 Å². The quantitative estimate of drug-likeness (QED) is 0.455. The fraction of sp³-hybridized carbons (Fsp3) is 0.800. The number of carbonyl (C=O) groups is 1. The molecule has 3 atom stereocenters. The summed E-state index contributed by atoms with van der Waals surface area (Å²) in [6, 6.07) is 0. The van der Waals surface area contributed by atoms with Gasteiger partial charge in [0.15, 0.2) is 0 Å². The molecule has 2 N–H and O–H groups in total. The predicted octanol–water partition coefficient (Wildman–Crippen LogP) is -0.763. The minimum atomic E-state index is -0.663. The second-order valence-electron chi connectivity index (χ2n) is 2.57. The van der Waals surface area contributed by atoms with Crippen molar-refractivity contribution >= 4 is 5.97 Å². The van der Waals surface area contributed by atoms with Gasteiger partial charge < -0.3 is 5.11 Å². The molecule has 2 saturated heterocycles. The number of nitrogens with zero attached hydrogens (tertiary/aromatic N) is 1. The lowest BCUT2D eigenvalue weighted by molar-refractivity contribution is -0.141. The highest BCUT2D eigenvalue weighted by molar-refractivity contribution is 5.70. The van der Waals surface area contributed by atoms with Crippen LogP contribution in [0.1, 0.15) is 6.42 Å². The molecule has 0 bridgehead atoms. The number of nitrogens with one attached hydrogen (secondary N) is 1. The summed E-state index contributed by atoms with van der Waals surface area (Å²) in [4.78, 5) is 10.3. The van der Waals surface area contributed by atoms with Gasteiger partial charge in [-0.25, -0.2) is 10.4 Å². The first-order valence-electron chi connectivity index (χ1n) is 3.03. The molecule has 0 radical (unpaired) electrons. The zero-order valence-electron chi connectivity index (χ0n) is 4.87. The van der Waals surface area contributed by atoms with Crippen molar-refractivity contribution in [3.05, 3.63) is 0 Å². The number of carboxylic acid groups (broad SMARTS) is 1. The molecule has 2 aliphatic rings. The van der Waals surface area contributed by atoms with Crippen molar-refractivity contribution in [3.8, 4) is 0 Å². The Morgan fingerprint density at radius 3 is 2.89 bits per heavy atom. The van der Waals surface area contributed by atoms with E-state index >= 15 is 0 Å². The normalized spacial score (nSPS) is 46.4. The first-order valence-corrected chi connectivity index (χ1v) is 3.03. The number of fused-ring (bicyclic) bond motifs is 1. The summed E-state index contributed by atoms with van der Waals surface area (Å²) in [6.45, 7) is 0.681. The Balaban J connectivity index is 1.97. The number of hydrogen-bond donors (Lipinski definition) is 2. The zero-order valence-corrected chi connectivity index (χ0v) is 4.87. The average Bonchev–Trinajstić information content (AvgIpc) is 2.40. The van der Waals surface area contributed by atoms with E-state index in [1.807, 2.05) is 5.01 Å². The molecule has 0 saturated carbocycles. The van der Waals surface area contributed by atoms with Crippen LogP contribution >= 0.6 is 0 Å². The van der Waals surface area contributed by atoms with Crippen LogP contribution in [0.5, 0.6) is 0 Å². The van der Waals surface area contributed by atoms with Crippen LogP contribution in [-0.2, 0) is 4.79 Å². The van der Waals surface area contributed by atoms with E-state index in [4.69, 9.17) is 5.11 Å². The molecule has 0 amide bonds. The lowest BCUT2D eigenvalue weighted by atomic mass is 10.1. The molecule has 2 fully saturated rings. The summed E-state index contributed by atoms with van der Waals surface area (Å²) in [7, 11) is 0. The van der Waals surface area contributed by atoms with E-state index in [-0.39, 0.29) is 5.92 Å². The molecule has 0 aromatic carbocycles. The Kier molecular flexibility index (Phi) is 0.841. The van der Waals surface area contributed by atoms with Crippen LogP contribution in [-0.4, -0.2) is 28.8 Å². The zero-order chi connectivity index (χ0) is 6.43. The third kappa shape index (κ3) is 0.710. The Morgan fingerprint density at radius 2 is 2.56 bits per heavy atom. The SMILES string of the molecule is O=C(O)C1CC2NN2C1. The highest BCUT2D eigenvalue weighted by Gasteiger charge is 2.45. The fourth-order valence-electron chi connectivity index (χ4n) is 1.28. The van der Waals surface area contributed by atoms with Crippen LogP contribution in [0.3, 0.4) is 0 Å². The van der Waals surface area contributed by atoms with Crippen molar-refractivity contribution < 1.29 is 9.90 Å². The molecule has 0 aromatic heterocycles. The largest absolute Gasteiger partial charge is 0.481 e. The number of rotatable bonds is 1. The minimum absolute atomic E-state index is 0.128. The lowest BCUT2D eigenvalue weighted by Gasteiger charge is -2.01. The summed E-state index contributed by atoms with van der Waals surface area (Å²) >= 11 is 0. The van der Waals surface area contributed by atoms with Crippen molar-refractivity contribution in [2.45, 2.75) is 12.6 Å². The average molecular weight is 128 g/mol. The van der Waals surface area contributed by atoms with Crippen molar-refractivity contribution in [1.82, 2.24) is 10.4 Å². The van der Waals surface area contributed by atoms with Gasteiger partial charge in [0.05, 0.1) is 12.1 Å². The topological polar surface area (TPSA) is 62.2 Å². The van der Waals surface area contributed by atoms with Crippen LogP contribution in [0.15, 0.2) is 0 Å². The molecular formula is C5H8N2O2. The number of carboxylic acids is 1. The van der Waals surface area contributed by atoms with Gasteiger partial charge in [-0.3, -0.25) is 4.79 Å². The third-order valence-corrected chi connectivity index (χ3v) is 1.90. The van der Waals surface area contributed by atoms with Crippen LogP contribution in [0.25, 0.3) is 0 Å². The van der Waals surface area contributed by atoms with Crippen molar-refractivity contribution in [3.63, 3.8) is 0 Å². The van der Waals surface area contributed by atoms with Crippen LogP contribution in [0.2, 0.25) is 0 Å². The van der Waals surface area contributed by atoms with Crippen molar-refractivity contribution in [1.29, 1.82) is 0 Å². The second-order valence-corrected chi connectivity index (χ2v) is 2.57. The summed E-state index contributed by atoms with van der Waals surface area (Å²) < 4.78 is 0. The maximum absolute atomic E-state index is 10.3. The van der Waals surface area contributed by atoms with Crippen molar-refractivity contribution in [2.24, 2.45) is 5.92 Å².